The topological polar surface area (TPSA) is 103 Å². The summed E-state index contributed by atoms with van der Waals surface area (Å²) < 4.78 is 24.9. The molecule has 10 heteroatoms. The highest BCUT2D eigenvalue weighted by Gasteiger charge is 2.46. The van der Waals surface area contributed by atoms with Crippen LogP contribution in [0.3, 0.4) is 0 Å². The van der Waals surface area contributed by atoms with Crippen LogP contribution in [0.4, 0.5) is 0 Å². The molecule has 0 unspecified atom stereocenters. The molecule has 0 radical (unpaired) electrons. The van der Waals surface area contributed by atoms with Gasteiger partial charge in [-0.2, -0.15) is 5.06 Å². The third-order valence-corrected chi connectivity index (χ3v) is 6.06. The van der Waals surface area contributed by atoms with Gasteiger partial charge in [0.05, 0.1) is 13.2 Å². The fourth-order valence-corrected chi connectivity index (χ4v) is 4.53. The zero-order valence-electron chi connectivity index (χ0n) is 13.6. The Kier molecular flexibility index (Phi) is 5.59. The molecule has 2 heterocycles. The lowest BCUT2D eigenvalue weighted by Gasteiger charge is -2.25. The number of hydroxylamine groups is 2. The van der Waals surface area contributed by atoms with Gasteiger partial charge in [-0.05, 0) is 20.8 Å². The van der Waals surface area contributed by atoms with Gasteiger partial charge in [-0.3, -0.25) is 23.7 Å². The van der Waals surface area contributed by atoms with E-state index in [9.17, 15) is 14.2 Å². The predicted molar refractivity (Wildman–Crippen MR) is 83.2 cm³/mol. The molecule has 0 saturated carbocycles. The molecule has 2 rings (SSSR count). The molecule has 1 saturated heterocycles. The zero-order valence-corrected chi connectivity index (χ0v) is 14.5. The number of nitrogens with zero attached hydrogens (tertiary/aromatic N) is 2. The van der Waals surface area contributed by atoms with Crippen LogP contribution in [0.15, 0.2) is 15.8 Å². The highest BCUT2D eigenvalue weighted by atomic mass is 31.2. The van der Waals surface area contributed by atoms with E-state index in [1.165, 1.54) is 15.8 Å². The third-order valence-electron chi connectivity index (χ3n) is 3.56. The maximum atomic E-state index is 12.9. The maximum absolute atomic E-state index is 12.9. The van der Waals surface area contributed by atoms with Crippen LogP contribution >= 0.6 is 7.60 Å². The number of rotatable bonds is 6. The van der Waals surface area contributed by atoms with Gasteiger partial charge in [0.25, 0.3) is 5.56 Å². The summed E-state index contributed by atoms with van der Waals surface area (Å²) >= 11 is 0. The largest absolute Gasteiger partial charge is 0.350 e. The number of aryl methyl sites for hydroxylation is 1. The van der Waals surface area contributed by atoms with Crippen molar-refractivity contribution < 1.29 is 18.5 Å². The monoisotopic (exact) mass is 347 g/mol. The molecule has 23 heavy (non-hydrogen) atoms. The molecule has 9 nitrogen and oxygen atoms in total. The van der Waals surface area contributed by atoms with Crippen LogP contribution in [0.2, 0.25) is 0 Å². The maximum Gasteiger partial charge on any atom is 0.350 e. The molecule has 0 aliphatic carbocycles. The highest BCUT2D eigenvalue weighted by Crippen LogP contribution is 2.58. The van der Waals surface area contributed by atoms with Gasteiger partial charge in [-0.25, -0.2) is 4.79 Å². The van der Waals surface area contributed by atoms with Gasteiger partial charge in [0.15, 0.2) is 6.23 Å². The van der Waals surface area contributed by atoms with Crippen LogP contribution in [-0.4, -0.2) is 40.7 Å². The number of aromatic nitrogens is 2. The van der Waals surface area contributed by atoms with Crippen molar-refractivity contribution in [1.29, 1.82) is 0 Å². The summed E-state index contributed by atoms with van der Waals surface area (Å²) in [5, 5.41) is 1.39. The van der Waals surface area contributed by atoms with Gasteiger partial charge in [0.2, 0.25) is 0 Å². The van der Waals surface area contributed by atoms with Crippen LogP contribution in [0.5, 0.6) is 0 Å². The van der Waals surface area contributed by atoms with E-state index in [1.807, 2.05) is 0 Å². The Hall–Kier alpha value is -1.25. The Labute approximate surface area is 133 Å². The number of aromatic amines is 1. The fourth-order valence-electron chi connectivity index (χ4n) is 2.50. The van der Waals surface area contributed by atoms with Crippen LogP contribution in [-0.2, 0) is 18.5 Å². The number of hydrogen-bond donors (Lipinski definition) is 1. The molecule has 130 valence electrons. The summed E-state index contributed by atoms with van der Waals surface area (Å²) in [6, 6.07) is 0. The molecule has 1 aliphatic heterocycles. The fraction of sp³-hybridized carbons (Fsp3) is 0.692. The summed E-state index contributed by atoms with van der Waals surface area (Å²) in [5.41, 5.74) is -0.636. The number of H-pyrrole nitrogens is 1. The minimum absolute atomic E-state index is 0.235. The van der Waals surface area contributed by atoms with Gasteiger partial charge in [-0.15, -0.1) is 0 Å². The number of hydrogen-bond acceptors (Lipinski definition) is 7. The smallest absolute Gasteiger partial charge is 0.308 e. The quantitative estimate of drug-likeness (QED) is 0.771. The van der Waals surface area contributed by atoms with Crippen molar-refractivity contribution in [3.05, 3.63) is 32.6 Å². The minimum Gasteiger partial charge on any atom is -0.308 e. The first-order chi connectivity index (χ1) is 10.8. The van der Waals surface area contributed by atoms with Crippen LogP contribution in [0, 0.1) is 6.92 Å². The van der Waals surface area contributed by atoms with Crippen molar-refractivity contribution in [2.75, 3.05) is 20.3 Å². The second-order valence-corrected chi connectivity index (χ2v) is 7.37. The summed E-state index contributed by atoms with van der Waals surface area (Å²) in [5.74, 6) is -0.633. The molecule has 1 N–H and O–H groups in total. The lowest BCUT2D eigenvalue weighted by atomic mass is 10.3. The van der Waals surface area contributed by atoms with E-state index < -0.39 is 30.9 Å². The van der Waals surface area contributed by atoms with Gasteiger partial charge in [0.1, 0.15) is 5.78 Å². The van der Waals surface area contributed by atoms with E-state index in [-0.39, 0.29) is 19.6 Å². The van der Waals surface area contributed by atoms with Gasteiger partial charge in [-0.1, -0.05) is 0 Å². The zero-order chi connectivity index (χ0) is 17.2. The molecule has 1 aromatic rings. The Morgan fingerprint density at radius 2 is 1.96 bits per heavy atom. The minimum atomic E-state index is -3.40. The van der Waals surface area contributed by atoms with E-state index in [2.05, 4.69) is 4.98 Å². The van der Waals surface area contributed by atoms with Crippen LogP contribution in [0.1, 0.15) is 32.1 Å². The predicted octanol–water partition coefficient (Wildman–Crippen LogP) is 1.20. The molecular formula is C13H22N3O6P. The molecule has 0 aromatic carbocycles. The normalized spacial score (nSPS) is 22.6. The Morgan fingerprint density at radius 1 is 1.35 bits per heavy atom. The van der Waals surface area contributed by atoms with Crippen molar-refractivity contribution in [2.24, 2.45) is 0 Å². The Balaban J connectivity index is 2.31. The van der Waals surface area contributed by atoms with Crippen molar-refractivity contribution in [1.82, 2.24) is 14.6 Å². The Morgan fingerprint density at radius 3 is 2.52 bits per heavy atom. The lowest BCUT2D eigenvalue weighted by Crippen LogP contribution is -2.33. The van der Waals surface area contributed by atoms with Crippen LogP contribution in [0.25, 0.3) is 0 Å². The van der Waals surface area contributed by atoms with E-state index in [1.54, 1.807) is 27.8 Å². The van der Waals surface area contributed by atoms with Gasteiger partial charge >= 0.3 is 13.3 Å². The van der Waals surface area contributed by atoms with Crippen molar-refractivity contribution in [2.45, 2.75) is 39.2 Å². The van der Waals surface area contributed by atoms with Crippen molar-refractivity contribution in [3.8, 4) is 0 Å². The SMILES string of the molecule is CCOP(=O)(OCC)[C@H]1C[C@@H](n2cc(C)c(=O)[nH]c2=O)ON1C. The molecule has 1 aromatic heterocycles. The van der Waals surface area contributed by atoms with E-state index in [0.717, 1.165) is 0 Å². The average molecular weight is 347 g/mol. The Bertz CT molecular complexity index is 704. The third kappa shape index (κ3) is 3.64. The molecular weight excluding hydrogens is 325 g/mol. The molecule has 1 fully saturated rings. The molecule has 0 amide bonds. The first-order valence-corrected chi connectivity index (χ1v) is 9.04. The number of nitrogens with one attached hydrogen (secondary N) is 1. The standard InChI is InChI=1S/C13H22N3O6P/c1-5-20-23(19,21-6-2)11-7-10(22-15(11)4)16-8-9(3)12(17)14-13(16)18/h8,10-11H,5-7H2,1-4H3,(H,14,17,18)/t10-,11-/m0/s1. The summed E-state index contributed by atoms with van der Waals surface area (Å²) in [7, 11) is -1.79. The first kappa shape index (κ1) is 18.1. The van der Waals surface area contributed by atoms with E-state index in [4.69, 9.17) is 13.9 Å². The molecule has 0 bridgehead atoms. The summed E-state index contributed by atoms with van der Waals surface area (Å²) in [6.07, 6.45) is 0.968. The van der Waals surface area contributed by atoms with E-state index in [0.29, 0.717) is 5.56 Å². The lowest BCUT2D eigenvalue weighted by molar-refractivity contribution is -0.160. The average Bonchev–Trinajstić information content (AvgIpc) is 2.86. The van der Waals surface area contributed by atoms with Crippen molar-refractivity contribution >= 4 is 7.60 Å². The van der Waals surface area contributed by atoms with E-state index >= 15 is 0 Å². The van der Waals surface area contributed by atoms with Crippen LogP contribution < -0.4 is 11.2 Å². The molecule has 0 spiro atoms. The van der Waals surface area contributed by atoms with Gasteiger partial charge in [0, 0.05) is 25.2 Å². The highest BCUT2D eigenvalue weighted by molar-refractivity contribution is 7.54. The molecule has 1 aliphatic rings. The van der Waals surface area contributed by atoms with Crippen molar-refractivity contribution in [3.63, 3.8) is 0 Å². The second kappa shape index (κ2) is 7.11. The first-order valence-electron chi connectivity index (χ1n) is 7.42. The second-order valence-electron chi connectivity index (χ2n) is 5.18. The summed E-state index contributed by atoms with van der Waals surface area (Å²) in [4.78, 5) is 31.3. The summed E-state index contributed by atoms with van der Waals surface area (Å²) in [6.45, 7) is 5.54. The molecule has 2 atom stereocenters. The van der Waals surface area contributed by atoms with Gasteiger partial charge < -0.3 is 9.05 Å².